The molecule has 1 aliphatic rings. The average molecular weight is 429 g/mol. The van der Waals surface area contributed by atoms with Crippen LogP contribution in [-0.4, -0.2) is 57.6 Å². The maximum atomic E-state index is 5.42. The van der Waals surface area contributed by atoms with Crippen molar-refractivity contribution < 1.29 is 9.47 Å². The Morgan fingerprint density at radius 3 is 2.40 bits per heavy atom. The SMILES string of the molecule is CCCSc1ccccc1N1CCN(CCCCc2ccc(OC)c(OC)c2)CC1. The van der Waals surface area contributed by atoms with Gasteiger partial charge in [0.25, 0.3) is 0 Å². The molecular weight excluding hydrogens is 392 g/mol. The molecule has 1 fully saturated rings. The van der Waals surface area contributed by atoms with Gasteiger partial charge in [0.1, 0.15) is 0 Å². The second-order valence-electron chi connectivity index (χ2n) is 7.79. The molecule has 5 heteroatoms. The van der Waals surface area contributed by atoms with Gasteiger partial charge < -0.3 is 14.4 Å². The van der Waals surface area contributed by atoms with E-state index in [4.69, 9.17) is 9.47 Å². The first-order chi connectivity index (χ1) is 14.7. The fraction of sp³-hybridized carbons (Fsp3) is 0.520. The second-order valence-corrected chi connectivity index (χ2v) is 8.93. The van der Waals surface area contributed by atoms with Crippen LogP contribution < -0.4 is 14.4 Å². The van der Waals surface area contributed by atoms with Crippen molar-refractivity contribution in [3.63, 3.8) is 0 Å². The summed E-state index contributed by atoms with van der Waals surface area (Å²) in [5.74, 6) is 2.81. The van der Waals surface area contributed by atoms with Crippen molar-refractivity contribution >= 4 is 17.4 Å². The molecule has 30 heavy (non-hydrogen) atoms. The Labute approximate surface area is 186 Å². The number of hydrogen-bond donors (Lipinski definition) is 0. The lowest BCUT2D eigenvalue weighted by Crippen LogP contribution is -2.46. The number of thioether (sulfide) groups is 1. The number of hydrogen-bond acceptors (Lipinski definition) is 5. The van der Waals surface area contributed by atoms with Crippen LogP contribution in [0.1, 0.15) is 31.7 Å². The van der Waals surface area contributed by atoms with Crippen LogP contribution in [0.4, 0.5) is 5.69 Å². The molecule has 1 heterocycles. The summed E-state index contributed by atoms with van der Waals surface area (Å²) in [7, 11) is 3.38. The van der Waals surface area contributed by atoms with Gasteiger partial charge in [-0.1, -0.05) is 25.1 Å². The summed E-state index contributed by atoms with van der Waals surface area (Å²) < 4.78 is 10.7. The van der Waals surface area contributed by atoms with Crippen LogP contribution in [-0.2, 0) is 6.42 Å². The topological polar surface area (TPSA) is 24.9 Å². The molecule has 0 amide bonds. The molecule has 2 aromatic carbocycles. The first kappa shape index (κ1) is 22.8. The zero-order valence-corrected chi connectivity index (χ0v) is 19.5. The van der Waals surface area contributed by atoms with Crippen molar-refractivity contribution in [3.8, 4) is 11.5 Å². The van der Waals surface area contributed by atoms with Crippen LogP contribution in [0.25, 0.3) is 0 Å². The molecule has 4 nitrogen and oxygen atoms in total. The fourth-order valence-corrected chi connectivity index (χ4v) is 4.91. The Hall–Kier alpha value is -1.85. The normalized spacial score (nSPS) is 14.7. The van der Waals surface area contributed by atoms with Crippen molar-refractivity contribution in [2.75, 3.05) is 57.6 Å². The van der Waals surface area contributed by atoms with Gasteiger partial charge in [0.15, 0.2) is 11.5 Å². The number of rotatable bonds is 11. The van der Waals surface area contributed by atoms with Crippen LogP contribution in [0.15, 0.2) is 47.4 Å². The van der Waals surface area contributed by atoms with E-state index in [0.717, 1.165) is 44.1 Å². The molecular formula is C25H36N2O2S. The third-order valence-electron chi connectivity index (χ3n) is 5.68. The molecule has 0 spiro atoms. The standard InChI is InChI=1S/C25H36N2O2S/c1-4-19-30-25-11-6-5-10-22(25)27-17-15-26(16-18-27)14-8-7-9-21-12-13-23(28-2)24(20-21)29-3/h5-6,10-13,20H,4,7-9,14-19H2,1-3H3. The number of nitrogens with zero attached hydrogens (tertiary/aromatic N) is 2. The molecule has 2 aromatic rings. The van der Waals surface area contributed by atoms with E-state index in [1.165, 1.54) is 47.7 Å². The predicted octanol–water partition coefficient (Wildman–Crippen LogP) is 5.35. The second kappa shape index (κ2) is 12.1. The van der Waals surface area contributed by atoms with Crippen molar-refractivity contribution in [1.82, 2.24) is 4.90 Å². The number of aryl methyl sites for hydroxylation is 1. The molecule has 3 rings (SSSR count). The van der Waals surface area contributed by atoms with E-state index in [1.54, 1.807) is 14.2 Å². The molecule has 0 aliphatic carbocycles. The van der Waals surface area contributed by atoms with E-state index in [2.05, 4.69) is 53.1 Å². The first-order valence-corrected chi connectivity index (χ1v) is 12.1. The Kier molecular flexibility index (Phi) is 9.22. The summed E-state index contributed by atoms with van der Waals surface area (Å²) in [6.07, 6.45) is 4.74. The summed E-state index contributed by atoms with van der Waals surface area (Å²) in [4.78, 5) is 6.62. The molecule has 0 atom stereocenters. The Balaban J connectivity index is 1.41. The van der Waals surface area contributed by atoms with Gasteiger partial charge >= 0.3 is 0 Å². The Morgan fingerprint density at radius 1 is 0.900 bits per heavy atom. The smallest absolute Gasteiger partial charge is 0.160 e. The lowest BCUT2D eigenvalue weighted by atomic mass is 10.1. The van der Waals surface area contributed by atoms with E-state index in [1.807, 2.05) is 17.8 Å². The van der Waals surface area contributed by atoms with Crippen LogP contribution in [0.2, 0.25) is 0 Å². The van der Waals surface area contributed by atoms with E-state index >= 15 is 0 Å². The highest BCUT2D eigenvalue weighted by Crippen LogP contribution is 2.31. The van der Waals surface area contributed by atoms with Gasteiger partial charge in [-0.3, -0.25) is 4.90 Å². The van der Waals surface area contributed by atoms with Crippen molar-refractivity contribution in [1.29, 1.82) is 0 Å². The number of benzene rings is 2. The fourth-order valence-electron chi connectivity index (χ4n) is 3.97. The largest absolute Gasteiger partial charge is 0.493 e. The molecule has 1 saturated heterocycles. The summed E-state index contributed by atoms with van der Waals surface area (Å²) in [5, 5.41) is 0. The summed E-state index contributed by atoms with van der Waals surface area (Å²) >= 11 is 1.99. The Bertz CT molecular complexity index is 775. The predicted molar refractivity (Wildman–Crippen MR) is 129 cm³/mol. The quantitative estimate of drug-likeness (QED) is 0.355. The zero-order chi connectivity index (χ0) is 21.2. The van der Waals surface area contributed by atoms with Gasteiger partial charge in [-0.15, -0.1) is 11.8 Å². The van der Waals surface area contributed by atoms with E-state index < -0.39 is 0 Å². The minimum atomic E-state index is 0.800. The maximum Gasteiger partial charge on any atom is 0.160 e. The summed E-state index contributed by atoms with van der Waals surface area (Å²) in [5.41, 5.74) is 2.74. The number of ether oxygens (including phenoxy) is 2. The number of para-hydroxylation sites is 1. The number of anilines is 1. The highest BCUT2D eigenvalue weighted by molar-refractivity contribution is 7.99. The van der Waals surface area contributed by atoms with Crippen LogP contribution in [0.5, 0.6) is 11.5 Å². The van der Waals surface area contributed by atoms with Gasteiger partial charge in [0.2, 0.25) is 0 Å². The zero-order valence-electron chi connectivity index (χ0n) is 18.7. The van der Waals surface area contributed by atoms with Gasteiger partial charge in [0.05, 0.1) is 19.9 Å². The molecule has 0 unspecified atom stereocenters. The minimum Gasteiger partial charge on any atom is -0.493 e. The molecule has 0 N–H and O–H groups in total. The molecule has 0 aromatic heterocycles. The maximum absolute atomic E-state index is 5.42. The highest BCUT2D eigenvalue weighted by atomic mass is 32.2. The van der Waals surface area contributed by atoms with Gasteiger partial charge in [-0.25, -0.2) is 0 Å². The molecule has 0 bridgehead atoms. The minimum absolute atomic E-state index is 0.800. The van der Waals surface area contributed by atoms with E-state index in [-0.39, 0.29) is 0 Å². The Morgan fingerprint density at radius 2 is 1.67 bits per heavy atom. The van der Waals surface area contributed by atoms with Crippen molar-refractivity contribution in [2.45, 2.75) is 37.5 Å². The van der Waals surface area contributed by atoms with Crippen LogP contribution in [0.3, 0.4) is 0 Å². The van der Waals surface area contributed by atoms with E-state index in [9.17, 15) is 0 Å². The van der Waals surface area contributed by atoms with Gasteiger partial charge in [-0.05, 0) is 67.8 Å². The molecule has 0 saturated carbocycles. The monoisotopic (exact) mass is 428 g/mol. The van der Waals surface area contributed by atoms with Crippen molar-refractivity contribution in [3.05, 3.63) is 48.0 Å². The van der Waals surface area contributed by atoms with Gasteiger partial charge in [0, 0.05) is 31.1 Å². The summed E-state index contributed by atoms with van der Waals surface area (Å²) in [6.45, 7) is 8.00. The molecule has 0 radical (unpaired) electrons. The third kappa shape index (κ3) is 6.32. The lowest BCUT2D eigenvalue weighted by molar-refractivity contribution is 0.252. The lowest BCUT2D eigenvalue weighted by Gasteiger charge is -2.37. The molecule has 164 valence electrons. The van der Waals surface area contributed by atoms with Gasteiger partial charge in [-0.2, -0.15) is 0 Å². The third-order valence-corrected chi connectivity index (χ3v) is 6.95. The summed E-state index contributed by atoms with van der Waals surface area (Å²) in [6, 6.07) is 15.2. The molecule has 1 aliphatic heterocycles. The average Bonchev–Trinajstić information content (AvgIpc) is 2.81. The number of unbranched alkanes of at least 4 members (excludes halogenated alkanes) is 1. The van der Waals surface area contributed by atoms with Crippen LogP contribution in [0, 0.1) is 0 Å². The highest BCUT2D eigenvalue weighted by Gasteiger charge is 2.18. The number of piperazine rings is 1. The van der Waals surface area contributed by atoms with E-state index in [0.29, 0.717) is 0 Å². The van der Waals surface area contributed by atoms with Crippen molar-refractivity contribution in [2.24, 2.45) is 0 Å². The number of methoxy groups -OCH3 is 2. The first-order valence-electron chi connectivity index (χ1n) is 11.1. The van der Waals surface area contributed by atoms with Crippen LogP contribution >= 0.6 is 11.8 Å².